The number of hydrogen-bond donors (Lipinski definition) is 0. The molecule has 0 saturated carbocycles. The first-order valence-corrected chi connectivity index (χ1v) is 10.3. The normalized spacial score (nSPS) is 24.8. The van der Waals surface area contributed by atoms with Crippen LogP contribution < -0.4 is 4.90 Å². The number of nitro benzene ring substituents is 1. The number of benzene rings is 1. The number of nitrogens with zero attached hydrogens (tertiary/aromatic N) is 3. The summed E-state index contributed by atoms with van der Waals surface area (Å²) in [5, 5.41) is 11.2. The van der Waals surface area contributed by atoms with E-state index in [0.717, 1.165) is 19.3 Å². The minimum Gasteiger partial charge on any atom is -0.379 e. The Hall–Kier alpha value is -1.71. The van der Waals surface area contributed by atoms with E-state index in [-0.39, 0.29) is 16.7 Å². The maximum absolute atomic E-state index is 13.1. The molecule has 2 saturated heterocycles. The van der Waals surface area contributed by atoms with Crippen molar-refractivity contribution >= 4 is 21.4 Å². The molecule has 0 bridgehead atoms. The summed E-state index contributed by atoms with van der Waals surface area (Å²) in [6.07, 6.45) is 2.51. The number of hydrogen-bond acceptors (Lipinski definition) is 6. The van der Waals surface area contributed by atoms with Gasteiger partial charge in [-0.3, -0.25) is 10.1 Å². The number of ether oxygens (including phenoxy) is 1. The molecule has 0 N–H and O–H groups in total. The molecule has 0 radical (unpaired) electrons. The fourth-order valence-corrected chi connectivity index (χ4v) is 5.46. The van der Waals surface area contributed by atoms with Crippen LogP contribution in [0.25, 0.3) is 0 Å². The van der Waals surface area contributed by atoms with Crippen LogP contribution in [0.3, 0.4) is 0 Å². The van der Waals surface area contributed by atoms with Crippen molar-refractivity contribution in [3.63, 3.8) is 0 Å². The molecule has 2 heterocycles. The number of rotatable bonds is 5. The van der Waals surface area contributed by atoms with Gasteiger partial charge in [0.2, 0.25) is 10.0 Å². The van der Waals surface area contributed by atoms with Crippen molar-refractivity contribution in [1.82, 2.24) is 4.31 Å². The first kappa shape index (κ1) is 19.1. The Bertz CT molecular complexity index is 777. The van der Waals surface area contributed by atoms with E-state index in [2.05, 4.69) is 6.92 Å². The third-order valence-electron chi connectivity index (χ3n) is 5.37. The summed E-state index contributed by atoms with van der Waals surface area (Å²) in [4.78, 5) is 12.6. The molecule has 2 aliphatic heterocycles. The van der Waals surface area contributed by atoms with E-state index in [1.54, 1.807) is 13.2 Å². The Morgan fingerprint density at radius 1 is 1.23 bits per heavy atom. The van der Waals surface area contributed by atoms with E-state index in [4.69, 9.17) is 4.74 Å². The van der Waals surface area contributed by atoms with Gasteiger partial charge in [-0.05, 0) is 31.2 Å². The van der Waals surface area contributed by atoms with E-state index >= 15 is 0 Å². The van der Waals surface area contributed by atoms with Gasteiger partial charge >= 0.3 is 0 Å². The number of nitro groups is 1. The van der Waals surface area contributed by atoms with Crippen LogP contribution in [0.15, 0.2) is 23.1 Å². The minimum atomic E-state index is -3.77. The fraction of sp³-hybridized carbons (Fsp3) is 0.647. The van der Waals surface area contributed by atoms with Gasteiger partial charge in [-0.15, -0.1) is 0 Å². The van der Waals surface area contributed by atoms with Crippen molar-refractivity contribution < 1.29 is 18.1 Å². The molecule has 1 aromatic rings. The van der Waals surface area contributed by atoms with Crippen LogP contribution in [0, 0.1) is 16.0 Å². The van der Waals surface area contributed by atoms with Gasteiger partial charge in [0.25, 0.3) is 5.69 Å². The van der Waals surface area contributed by atoms with E-state index < -0.39 is 14.9 Å². The number of sulfonamides is 1. The van der Waals surface area contributed by atoms with Crippen LogP contribution in [0.2, 0.25) is 0 Å². The molecular formula is C17H25N3O5S. The van der Waals surface area contributed by atoms with Crippen molar-refractivity contribution in [2.24, 2.45) is 5.92 Å². The van der Waals surface area contributed by atoms with Crippen LogP contribution >= 0.6 is 0 Å². The standard InChI is InChI=1S/C17H25N3O5S/c1-13-7-10-18(12-16(13)25-2)15-6-5-14(20(21)22)11-17(15)26(23,24)19-8-3-4-9-19/h5-6,11,13,16H,3-4,7-10,12H2,1-2H3. The zero-order valence-electron chi connectivity index (χ0n) is 15.1. The third kappa shape index (κ3) is 3.56. The number of anilines is 1. The highest BCUT2D eigenvalue weighted by atomic mass is 32.2. The van der Waals surface area contributed by atoms with Crippen LogP contribution in [0.5, 0.6) is 0 Å². The quantitative estimate of drug-likeness (QED) is 0.572. The molecule has 144 valence electrons. The largest absolute Gasteiger partial charge is 0.379 e. The second kappa shape index (κ2) is 7.50. The predicted octanol–water partition coefficient (Wildman–Crippen LogP) is 2.24. The molecule has 2 fully saturated rings. The van der Waals surface area contributed by atoms with Gasteiger partial charge in [0.15, 0.2) is 0 Å². The molecule has 2 atom stereocenters. The van der Waals surface area contributed by atoms with Crippen LogP contribution in [-0.4, -0.2) is 57.0 Å². The summed E-state index contributed by atoms with van der Waals surface area (Å²) in [6.45, 7) is 4.30. The molecule has 2 aliphatic rings. The number of piperidine rings is 1. The summed E-state index contributed by atoms with van der Waals surface area (Å²) in [5.74, 6) is 0.382. The Balaban J connectivity index is 2.03. The zero-order valence-corrected chi connectivity index (χ0v) is 15.9. The molecular weight excluding hydrogens is 358 g/mol. The highest BCUT2D eigenvalue weighted by Crippen LogP contribution is 2.35. The summed E-state index contributed by atoms with van der Waals surface area (Å²) >= 11 is 0. The number of methoxy groups -OCH3 is 1. The third-order valence-corrected chi connectivity index (χ3v) is 7.30. The Labute approximate surface area is 153 Å². The summed E-state index contributed by atoms with van der Waals surface area (Å²) in [6, 6.07) is 4.13. The molecule has 26 heavy (non-hydrogen) atoms. The lowest BCUT2D eigenvalue weighted by atomic mass is 9.95. The molecule has 0 amide bonds. The second-order valence-corrected chi connectivity index (χ2v) is 8.91. The van der Waals surface area contributed by atoms with Gasteiger partial charge in [-0.25, -0.2) is 8.42 Å². The van der Waals surface area contributed by atoms with E-state index in [1.165, 1.54) is 16.4 Å². The van der Waals surface area contributed by atoms with Crippen molar-refractivity contribution in [1.29, 1.82) is 0 Å². The smallest absolute Gasteiger partial charge is 0.270 e. The molecule has 3 rings (SSSR count). The van der Waals surface area contributed by atoms with Gasteiger partial charge < -0.3 is 9.64 Å². The van der Waals surface area contributed by atoms with Gasteiger partial charge in [-0.2, -0.15) is 4.31 Å². The Kier molecular flexibility index (Phi) is 5.50. The van der Waals surface area contributed by atoms with Crippen molar-refractivity contribution in [3.8, 4) is 0 Å². The Morgan fingerprint density at radius 3 is 2.54 bits per heavy atom. The average molecular weight is 383 g/mol. The molecule has 0 aliphatic carbocycles. The molecule has 8 nitrogen and oxygen atoms in total. The van der Waals surface area contributed by atoms with Gasteiger partial charge in [0.05, 0.1) is 16.7 Å². The van der Waals surface area contributed by atoms with Gasteiger partial charge in [-0.1, -0.05) is 6.92 Å². The van der Waals surface area contributed by atoms with Crippen molar-refractivity contribution in [3.05, 3.63) is 28.3 Å². The minimum absolute atomic E-state index is 0.00119. The van der Waals surface area contributed by atoms with Gasteiger partial charge in [0.1, 0.15) is 4.90 Å². The summed E-state index contributed by atoms with van der Waals surface area (Å²) < 4.78 is 33.2. The summed E-state index contributed by atoms with van der Waals surface area (Å²) in [7, 11) is -2.11. The average Bonchev–Trinajstić information content (AvgIpc) is 3.17. The van der Waals surface area contributed by atoms with E-state index in [1.807, 2.05) is 4.90 Å². The van der Waals surface area contributed by atoms with E-state index in [0.29, 0.717) is 37.8 Å². The van der Waals surface area contributed by atoms with Crippen LogP contribution in [0.1, 0.15) is 26.2 Å². The maximum Gasteiger partial charge on any atom is 0.270 e. The SMILES string of the molecule is COC1CN(c2ccc([N+](=O)[O-])cc2S(=O)(=O)N2CCCC2)CCC1C. The molecule has 0 spiro atoms. The highest BCUT2D eigenvalue weighted by molar-refractivity contribution is 7.89. The van der Waals surface area contributed by atoms with Gasteiger partial charge in [0, 0.05) is 45.4 Å². The molecule has 0 aromatic heterocycles. The second-order valence-electron chi connectivity index (χ2n) is 7.01. The zero-order chi connectivity index (χ0) is 18.9. The number of non-ortho nitro benzene ring substituents is 1. The lowest BCUT2D eigenvalue weighted by Gasteiger charge is -2.38. The van der Waals surface area contributed by atoms with Crippen molar-refractivity contribution in [2.75, 3.05) is 38.2 Å². The van der Waals surface area contributed by atoms with Crippen LogP contribution in [-0.2, 0) is 14.8 Å². The lowest BCUT2D eigenvalue weighted by molar-refractivity contribution is -0.385. The monoisotopic (exact) mass is 383 g/mol. The Morgan fingerprint density at radius 2 is 1.92 bits per heavy atom. The highest BCUT2D eigenvalue weighted by Gasteiger charge is 2.34. The lowest BCUT2D eigenvalue weighted by Crippen LogP contribution is -2.44. The topological polar surface area (TPSA) is 93.0 Å². The molecule has 2 unspecified atom stereocenters. The fourth-order valence-electron chi connectivity index (χ4n) is 3.71. The first-order chi connectivity index (χ1) is 12.3. The van der Waals surface area contributed by atoms with Crippen molar-refractivity contribution in [2.45, 2.75) is 37.2 Å². The molecule has 9 heteroatoms. The molecule has 1 aromatic carbocycles. The summed E-state index contributed by atoms with van der Waals surface area (Å²) in [5.41, 5.74) is 0.316. The van der Waals surface area contributed by atoms with E-state index in [9.17, 15) is 18.5 Å². The predicted molar refractivity (Wildman–Crippen MR) is 97.9 cm³/mol. The maximum atomic E-state index is 13.1. The first-order valence-electron chi connectivity index (χ1n) is 8.91. The van der Waals surface area contributed by atoms with Crippen LogP contribution in [0.4, 0.5) is 11.4 Å².